The van der Waals surface area contributed by atoms with Crippen molar-refractivity contribution in [3.63, 3.8) is 0 Å². The number of aromatic nitrogens is 1. The summed E-state index contributed by atoms with van der Waals surface area (Å²) >= 11 is 0. The standard InChI is InChI=1S/C14H21N3O2/c1-4-19-14(18)12-6-5-8-15-13(12)17-9-7-11(10-17)16(2)3/h5-6,8,11H,4,7,9-10H2,1-3H3. The Morgan fingerprint density at radius 1 is 1.58 bits per heavy atom. The van der Waals surface area contributed by atoms with Crippen molar-refractivity contribution in [2.75, 3.05) is 38.7 Å². The molecule has 1 fully saturated rings. The van der Waals surface area contributed by atoms with Gasteiger partial charge in [0, 0.05) is 25.3 Å². The van der Waals surface area contributed by atoms with Crippen molar-refractivity contribution in [1.82, 2.24) is 9.88 Å². The Morgan fingerprint density at radius 3 is 3.00 bits per heavy atom. The van der Waals surface area contributed by atoms with Crippen LogP contribution >= 0.6 is 0 Å². The van der Waals surface area contributed by atoms with E-state index in [1.54, 1.807) is 18.3 Å². The van der Waals surface area contributed by atoms with Gasteiger partial charge in [-0.2, -0.15) is 0 Å². The fourth-order valence-corrected chi connectivity index (χ4v) is 2.37. The van der Waals surface area contributed by atoms with Gasteiger partial charge in [0.25, 0.3) is 0 Å². The number of carbonyl (C=O) groups is 1. The van der Waals surface area contributed by atoms with Crippen LogP contribution in [0.5, 0.6) is 0 Å². The molecule has 0 bridgehead atoms. The molecule has 2 heterocycles. The maximum atomic E-state index is 11.9. The molecule has 0 spiro atoms. The molecular weight excluding hydrogens is 242 g/mol. The first kappa shape index (κ1) is 13.8. The number of likely N-dealkylation sites (N-methyl/N-ethyl adjacent to an activating group) is 1. The van der Waals surface area contributed by atoms with Crippen molar-refractivity contribution in [2.24, 2.45) is 0 Å². The lowest BCUT2D eigenvalue weighted by molar-refractivity contribution is 0.0526. The Morgan fingerprint density at radius 2 is 2.37 bits per heavy atom. The second-order valence-corrected chi connectivity index (χ2v) is 4.95. The summed E-state index contributed by atoms with van der Waals surface area (Å²) in [5.74, 6) is 0.448. The van der Waals surface area contributed by atoms with Crippen molar-refractivity contribution >= 4 is 11.8 Å². The molecule has 0 aromatic carbocycles. The van der Waals surface area contributed by atoms with Crippen LogP contribution in [0.2, 0.25) is 0 Å². The van der Waals surface area contributed by atoms with Crippen LogP contribution in [0.3, 0.4) is 0 Å². The molecule has 5 nitrogen and oxygen atoms in total. The van der Waals surface area contributed by atoms with Crippen molar-refractivity contribution < 1.29 is 9.53 Å². The number of anilines is 1. The Labute approximate surface area is 114 Å². The second kappa shape index (κ2) is 6.02. The van der Waals surface area contributed by atoms with E-state index in [0.717, 1.165) is 25.3 Å². The van der Waals surface area contributed by atoms with Gasteiger partial charge in [0.1, 0.15) is 11.4 Å². The smallest absolute Gasteiger partial charge is 0.341 e. The molecule has 0 amide bonds. The van der Waals surface area contributed by atoms with Gasteiger partial charge in [-0.15, -0.1) is 0 Å². The van der Waals surface area contributed by atoms with Crippen LogP contribution in [0.15, 0.2) is 18.3 Å². The van der Waals surface area contributed by atoms with Gasteiger partial charge < -0.3 is 14.5 Å². The molecular formula is C14H21N3O2. The summed E-state index contributed by atoms with van der Waals surface area (Å²) in [5.41, 5.74) is 0.559. The number of pyridine rings is 1. The molecule has 104 valence electrons. The van der Waals surface area contributed by atoms with E-state index in [4.69, 9.17) is 4.74 Å². The van der Waals surface area contributed by atoms with Gasteiger partial charge in [0.2, 0.25) is 0 Å². The minimum Gasteiger partial charge on any atom is -0.462 e. The van der Waals surface area contributed by atoms with Gasteiger partial charge in [-0.3, -0.25) is 0 Å². The van der Waals surface area contributed by atoms with Gasteiger partial charge in [0.15, 0.2) is 0 Å². The lowest BCUT2D eigenvalue weighted by Crippen LogP contribution is -2.32. The first-order valence-corrected chi connectivity index (χ1v) is 6.67. The van der Waals surface area contributed by atoms with Crippen LogP contribution in [0, 0.1) is 0 Å². The molecule has 5 heteroatoms. The quantitative estimate of drug-likeness (QED) is 0.768. The predicted octanol–water partition coefficient (Wildman–Crippen LogP) is 1.40. The van der Waals surface area contributed by atoms with Crippen molar-refractivity contribution in [3.05, 3.63) is 23.9 Å². The average Bonchev–Trinajstić information content (AvgIpc) is 2.88. The number of hydrogen-bond acceptors (Lipinski definition) is 5. The summed E-state index contributed by atoms with van der Waals surface area (Å²) in [4.78, 5) is 20.7. The molecule has 1 unspecified atom stereocenters. The molecule has 1 aromatic heterocycles. The Bertz CT molecular complexity index is 448. The van der Waals surface area contributed by atoms with Crippen LogP contribution in [0.1, 0.15) is 23.7 Å². The highest BCUT2D eigenvalue weighted by atomic mass is 16.5. The maximum absolute atomic E-state index is 11.9. The zero-order valence-corrected chi connectivity index (χ0v) is 11.8. The summed E-state index contributed by atoms with van der Waals surface area (Å²) in [5, 5.41) is 0. The van der Waals surface area contributed by atoms with Crippen LogP contribution < -0.4 is 4.90 Å². The molecule has 1 saturated heterocycles. The van der Waals surface area contributed by atoms with E-state index >= 15 is 0 Å². The summed E-state index contributed by atoms with van der Waals surface area (Å²) in [6.45, 7) is 4.02. The molecule has 1 atom stereocenters. The zero-order valence-electron chi connectivity index (χ0n) is 11.8. The van der Waals surface area contributed by atoms with Crippen LogP contribution in [0.25, 0.3) is 0 Å². The lowest BCUT2D eigenvalue weighted by atomic mass is 10.2. The van der Waals surface area contributed by atoms with Gasteiger partial charge in [-0.05, 0) is 39.6 Å². The summed E-state index contributed by atoms with van der Waals surface area (Å²) in [6, 6.07) is 4.07. The minimum absolute atomic E-state index is 0.293. The average molecular weight is 263 g/mol. The zero-order chi connectivity index (χ0) is 13.8. The number of ether oxygens (including phenoxy) is 1. The van der Waals surface area contributed by atoms with Crippen LogP contribution in [-0.2, 0) is 4.74 Å². The highest BCUT2D eigenvalue weighted by Crippen LogP contribution is 2.24. The minimum atomic E-state index is -0.293. The van der Waals surface area contributed by atoms with Crippen molar-refractivity contribution in [3.8, 4) is 0 Å². The summed E-state index contributed by atoms with van der Waals surface area (Å²) < 4.78 is 5.09. The van der Waals surface area contributed by atoms with Gasteiger partial charge in [-0.1, -0.05) is 0 Å². The third-order valence-electron chi connectivity index (χ3n) is 3.48. The fourth-order valence-electron chi connectivity index (χ4n) is 2.37. The highest BCUT2D eigenvalue weighted by Gasteiger charge is 2.27. The molecule has 0 radical (unpaired) electrons. The number of nitrogens with zero attached hydrogens (tertiary/aromatic N) is 3. The fraction of sp³-hybridized carbons (Fsp3) is 0.571. The van der Waals surface area contributed by atoms with Gasteiger partial charge >= 0.3 is 5.97 Å². The molecule has 0 saturated carbocycles. The molecule has 19 heavy (non-hydrogen) atoms. The normalized spacial score (nSPS) is 18.9. The summed E-state index contributed by atoms with van der Waals surface area (Å²) in [7, 11) is 4.16. The highest BCUT2D eigenvalue weighted by molar-refractivity contribution is 5.94. The van der Waals surface area contributed by atoms with E-state index < -0.39 is 0 Å². The number of hydrogen-bond donors (Lipinski definition) is 0. The molecule has 0 aliphatic carbocycles. The Balaban J connectivity index is 2.19. The van der Waals surface area contributed by atoms with E-state index in [0.29, 0.717) is 18.2 Å². The number of carbonyl (C=O) groups excluding carboxylic acids is 1. The molecule has 0 N–H and O–H groups in total. The van der Waals surface area contributed by atoms with E-state index in [1.165, 1.54) is 0 Å². The van der Waals surface area contributed by atoms with E-state index in [-0.39, 0.29) is 5.97 Å². The molecule has 2 rings (SSSR count). The third kappa shape index (κ3) is 3.04. The van der Waals surface area contributed by atoms with E-state index in [2.05, 4.69) is 28.9 Å². The first-order chi connectivity index (χ1) is 9.13. The number of rotatable bonds is 4. The topological polar surface area (TPSA) is 45.7 Å². The first-order valence-electron chi connectivity index (χ1n) is 6.67. The van der Waals surface area contributed by atoms with Crippen LogP contribution in [0.4, 0.5) is 5.82 Å². The lowest BCUT2D eigenvalue weighted by Gasteiger charge is -2.22. The third-order valence-corrected chi connectivity index (χ3v) is 3.48. The van der Waals surface area contributed by atoms with Crippen molar-refractivity contribution in [2.45, 2.75) is 19.4 Å². The Hall–Kier alpha value is -1.62. The largest absolute Gasteiger partial charge is 0.462 e. The van der Waals surface area contributed by atoms with Gasteiger partial charge in [-0.25, -0.2) is 9.78 Å². The van der Waals surface area contributed by atoms with Crippen LogP contribution in [-0.4, -0.2) is 55.7 Å². The van der Waals surface area contributed by atoms with E-state index in [1.807, 2.05) is 6.92 Å². The number of esters is 1. The predicted molar refractivity (Wildman–Crippen MR) is 74.5 cm³/mol. The van der Waals surface area contributed by atoms with Crippen molar-refractivity contribution in [1.29, 1.82) is 0 Å². The second-order valence-electron chi connectivity index (χ2n) is 4.95. The van der Waals surface area contributed by atoms with Gasteiger partial charge in [0.05, 0.1) is 6.61 Å². The Kier molecular flexibility index (Phi) is 4.37. The molecule has 1 aliphatic heterocycles. The molecule has 1 aliphatic rings. The maximum Gasteiger partial charge on any atom is 0.341 e. The monoisotopic (exact) mass is 263 g/mol. The van der Waals surface area contributed by atoms with E-state index in [9.17, 15) is 4.79 Å². The molecule has 1 aromatic rings. The SMILES string of the molecule is CCOC(=O)c1cccnc1N1CCC(N(C)C)C1. The summed E-state index contributed by atoms with van der Waals surface area (Å²) in [6.07, 6.45) is 2.81.